The Bertz CT molecular complexity index is 1520. The maximum absolute atomic E-state index is 13.2. The van der Waals surface area contributed by atoms with Crippen LogP contribution in [0.2, 0.25) is 0 Å². The number of hydrogen-bond acceptors (Lipinski definition) is 14. The average molecular weight is 625 g/mol. The molecule has 0 amide bonds. The van der Waals surface area contributed by atoms with E-state index in [9.17, 15) is 65.1 Å². The third-order valence-electron chi connectivity index (χ3n) is 6.51. The van der Waals surface area contributed by atoms with Crippen molar-refractivity contribution in [1.29, 1.82) is 0 Å². The number of aldehydes is 1. The number of hydrogen-bond donors (Lipinski definition) is 9. The molecule has 14 heteroatoms. The van der Waals surface area contributed by atoms with Gasteiger partial charge in [0.05, 0.1) is 5.56 Å². The molecule has 0 aromatic heterocycles. The standard InChI is InChI=1S/C31H28O14/c32-15-23(45-30(43)18-13-21(35)26(39)22(36)14-18)27(40)28(41)29(42)31(44,24(37)11-5-16-1-7-19(33)8-2-16)25(38)12-6-17-3-9-20(34)10-4-17/h1-15,23,27-29,33-36,39-42,44H/b11-5+,12-6+/t23-,27+,28-,29-/m0/s1. The summed E-state index contributed by atoms with van der Waals surface area (Å²) in [6.45, 7) is 0. The van der Waals surface area contributed by atoms with E-state index in [2.05, 4.69) is 0 Å². The van der Waals surface area contributed by atoms with Gasteiger partial charge in [-0.1, -0.05) is 36.4 Å². The minimum atomic E-state index is -3.49. The fraction of sp³-hybridized carbons (Fsp3) is 0.161. The number of carbonyl (C=O) groups excluding carboxylic acids is 4. The molecule has 0 saturated heterocycles. The second-order valence-corrected chi connectivity index (χ2v) is 9.64. The van der Waals surface area contributed by atoms with Crippen LogP contribution in [0.25, 0.3) is 12.2 Å². The van der Waals surface area contributed by atoms with Crippen LogP contribution in [0.15, 0.2) is 72.8 Å². The topological polar surface area (TPSA) is 260 Å². The lowest BCUT2D eigenvalue weighted by atomic mass is 9.81. The van der Waals surface area contributed by atoms with Crippen molar-refractivity contribution in [2.75, 3.05) is 0 Å². The summed E-state index contributed by atoms with van der Waals surface area (Å²) in [5.74, 6) is -7.47. The molecule has 0 radical (unpaired) electrons. The summed E-state index contributed by atoms with van der Waals surface area (Å²) < 4.78 is 4.78. The van der Waals surface area contributed by atoms with Gasteiger partial charge in [-0.15, -0.1) is 0 Å². The van der Waals surface area contributed by atoms with E-state index in [0.29, 0.717) is 35.4 Å². The van der Waals surface area contributed by atoms with Crippen LogP contribution in [0.4, 0.5) is 0 Å². The van der Waals surface area contributed by atoms with Crippen LogP contribution in [0.1, 0.15) is 21.5 Å². The molecule has 14 nitrogen and oxygen atoms in total. The van der Waals surface area contributed by atoms with Gasteiger partial charge in [0.15, 0.2) is 41.2 Å². The number of phenolic OH excluding ortho intramolecular Hbond substituents is 5. The minimum absolute atomic E-state index is 0.0958. The molecule has 0 aliphatic rings. The molecule has 236 valence electrons. The smallest absolute Gasteiger partial charge is 0.339 e. The average Bonchev–Trinajstić information content (AvgIpc) is 3.03. The number of rotatable bonds is 13. The van der Waals surface area contributed by atoms with Crippen LogP contribution in [-0.4, -0.2) is 99.8 Å². The number of benzene rings is 3. The molecule has 0 aliphatic heterocycles. The van der Waals surface area contributed by atoms with E-state index in [1.54, 1.807) is 0 Å². The molecule has 0 unspecified atom stereocenters. The fourth-order valence-corrected chi connectivity index (χ4v) is 3.90. The highest BCUT2D eigenvalue weighted by molar-refractivity contribution is 6.20. The van der Waals surface area contributed by atoms with E-state index in [-0.39, 0.29) is 17.8 Å². The number of aromatic hydroxyl groups is 5. The van der Waals surface area contributed by atoms with Crippen molar-refractivity contribution in [3.8, 4) is 28.7 Å². The highest BCUT2D eigenvalue weighted by Gasteiger charge is 2.53. The lowest BCUT2D eigenvalue weighted by molar-refractivity contribution is -0.180. The largest absolute Gasteiger partial charge is 0.508 e. The second kappa shape index (κ2) is 14.3. The van der Waals surface area contributed by atoms with Gasteiger partial charge in [0.25, 0.3) is 0 Å². The van der Waals surface area contributed by atoms with Crippen molar-refractivity contribution < 1.29 is 69.9 Å². The fourth-order valence-electron chi connectivity index (χ4n) is 3.90. The monoisotopic (exact) mass is 624 g/mol. The van der Waals surface area contributed by atoms with E-state index in [4.69, 9.17) is 4.74 Å². The van der Waals surface area contributed by atoms with Crippen LogP contribution in [-0.2, 0) is 19.1 Å². The zero-order chi connectivity index (χ0) is 33.5. The molecule has 0 saturated carbocycles. The number of esters is 1. The number of ether oxygens (including phenoxy) is 1. The molecule has 0 spiro atoms. The number of ketones is 2. The molecule has 0 heterocycles. The first-order valence-electron chi connectivity index (χ1n) is 12.9. The molecule has 4 atom stereocenters. The van der Waals surface area contributed by atoms with Crippen LogP contribution >= 0.6 is 0 Å². The predicted molar refractivity (Wildman–Crippen MR) is 154 cm³/mol. The zero-order valence-corrected chi connectivity index (χ0v) is 23.0. The molecule has 3 rings (SSSR count). The van der Waals surface area contributed by atoms with E-state index >= 15 is 0 Å². The molecular weight excluding hydrogens is 596 g/mol. The Labute approximate surface area is 254 Å². The lowest BCUT2D eigenvalue weighted by Crippen LogP contribution is -2.62. The van der Waals surface area contributed by atoms with Crippen LogP contribution in [0, 0.1) is 0 Å². The van der Waals surface area contributed by atoms with Gasteiger partial charge in [-0.3, -0.25) is 14.4 Å². The van der Waals surface area contributed by atoms with Crippen LogP contribution in [0.3, 0.4) is 0 Å². The third-order valence-corrected chi connectivity index (χ3v) is 6.51. The van der Waals surface area contributed by atoms with Gasteiger partial charge in [0, 0.05) is 0 Å². The Morgan fingerprint density at radius 2 is 1.11 bits per heavy atom. The first-order chi connectivity index (χ1) is 21.2. The van der Waals surface area contributed by atoms with Crippen molar-refractivity contribution >= 4 is 36.0 Å². The second-order valence-electron chi connectivity index (χ2n) is 9.64. The summed E-state index contributed by atoms with van der Waals surface area (Å²) in [4.78, 5) is 50.6. The van der Waals surface area contributed by atoms with Crippen molar-refractivity contribution in [3.05, 3.63) is 89.5 Å². The molecule has 0 aliphatic carbocycles. The first kappa shape index (κ1) is 34.0. The summed E-state index contributed by atoms with van der Waals surface area (Å²) in [5.41, 5.74) is -3.49. The maximum atomic E-state index is 13.2. The van der Waals surface area contributed by atoms with Crippen LogP contribution in [0.5, 0.6) is 28.7 Å². The summed E-state index contributed by atoms with van der Waals surface area (Å²) >= 11 is 0. The summed E-state index contributed by atoms with van der Waals surface area (Å²) in [7, 11) is 0. The molecular formula is C31H28O14. The van der Waals surface area contributed by atoms with Crippen molar-refractivity contribution in [2.24, 2.45) is 0 Å². The molecule has 9 N–H and O–H groups in total. The van der Waals surface area contributed by atoms with E-state index in [0.717, 1.165) is 12.2 Å². The number of aliphatic hydroxyl groups excluding tert-OH is 3. The molecule has 3 aromatic rings. The number of aliphatic hydroxyl groups is 4. The molecule has 0 fully saturated rings. The van der Waals surface area contributed by atoms with E-state index in [1.165, 1.54) is 48.5 Å². The highest BCUT2D eigenvalue weighted by Crippen LogP contribution is 2.35. The van der Waals surface area contributed by atoms with Gasteiger partial charge in [0.1, 0.15) is 29.8 Å². The Morgan fingerprint density at radius 3 is 1.51 bits per heavy atom. The van der Waals surface area contributed by atoms with E-state index in [1.807, 2.05) is 0 Å². The Morgan fingerprint density at radius 1 is 0.689 bits per heavy atom. The molecule has 3 aromatic carbocycles. The van der Waals surface area contributed by atoms with E-state index < -0.39 is 70.4 Å². The lowest BCUT2D eigenvalue weighted by Gasteiger charge is -2.34. The summed E-state index contributed by atoms with van der Waals surface area (Å²) in [5, 5.41) is 91.1. The van der Waals surface area contributed by atoms with Gasteiger partial charge in [0.2, 0.25) is 5.60 Å². The number of carbonyl (C=O) groups is 4. The van der Waals surface area contributed by atoms with Gasteiger partial charge >= 0.3 is 5.97 Å². The quantitative estimate of drug-likeness (QED) is 0.0408. The van der Waals surface area contributed by atoms with Gasteiger partial charge in [-0.25, -0.2) is 4.79 Å². The predicted octanol–water partition coefficient (Wildman–Crippen LogP) is 0.318. The van der Waals surface area contributed by atoms with Crippen molar-refractivity contribution in [1.82, 2.24) is 0 Å². The summed E-state index contributed by atoms with van der Waals surface area (Å²) in [6, 6.07) is 11.9. The highest BCUT2D eigenvalue weighted by atomic mass is 16.6. The Balaban J connectivity index is 1.92. The SMILES string of the molecule is O=C[C@H](OC(=O)c1cc(O)c(O)c(O)c1)[C@@H](O)[C@H](O)[C@H](O)C(O)(C(=O)/C=C/c1ccc(O)cc1)C(=O)/C=C/c1ccc(O)cc1. The number of phenols is 5. The normalized spacial score (nSPS) is 14.5. The van der Waals surface area contributed by atoms with Gasteiger partial charge < -0.3 is 50.7 Å². The zero-order valence-electron chi connectivity index (χ0n) is 23.0. The minimum Gasteiger partial charge on any atom is -0.508 e. The maximum Gasteiger partial charge on any atom is 0.339 e. The third kappa shape index (κ3) is 7.90. The molecule has 45 heavy (non-hydrogen) atoms. The van der Waals surface area contributed by atoms with Crippen molar-refractivity contribution in [2.45, 2.75) is 30.0 Å². The Hall–Kier alpha value is -5.54. The van der Waals surface area contributed by atoms with Crippen molar-refractivity contribution in [3.63, 3.8) is 0 Å². The van der Waals surface area contributed by atoms with Gasteiger partial charge in [-0.2, -0.15) is 0 Å². The van der Waals surface area contributed by atoms with Crippen LogP contribution < -0.4 is 0 Å². The molecule has 0 bridgehead atoms. The summed E-state index contributed by atoms with van der Waals surface area (Å²) in [6.07, 6.45) is -7.00. The Kier molecular flexibility index (Phi) is 10.8. The van der Waals surface area contributed by atoms with Gasteiger partial charge in [-0.05, 0) is 59.7 Å². The first-order valence-corrected chi connectivity index (χ1v) is 12.9.